The predicted molar refractivity (Wildman–Crippen MR) is 60.5 cm³/mol. The molecule has 2 heteroatoms. The minimum atomic E-state index is 0.201. The first-order valence-corrected chi connectivity index (χ1v) is 7.30. The van der Waals surface area contributed by atoms with Gasteiger partial charge >= 0.3 is 0 Å². The molecule has 76 valence electrons. The average molecular weight is 199 g/mol. The van der Waals surface area contributed by atoms with Crippen LogP contribution in [0.2, 0.25) is 0 Å². The van der Waals surface area contributed by atoms with Gasteiger partial charge in [-0.25, -0.2) is 0 Å². The van der Waals surface area contributed by atoms with Crippen molar-refractivity contribution in [2.75, 3.05) is 0 Å². The average Bonchev–Trinajstić information content (AvgIpc) is 2.02. The van der Waals surface area contributed by atoms with Crippen molar-refractivity contribution < 1.29 is 0 Å². The van der Waals surface area contributed by atoms with Crippen molar-refractivity contribution in [3.63, 3.8) is 0 Å². The molecule has 2 fully saturated rings. The first-order valence-electron chi connectivity index (χ1n) is 5.82. The van der Waals surface area contributed by atoms with Gasteiger partial charge in [-0.1, -0.05) is 12.8 Å². The molecule has 2 aliphatic rings. The lowest BCUT2D eigenvalue weighted by Gasteiger charge is -2.44. The molecule has 0 aliphatic carbocycles. The first-order chi connectivity index (χ1) is 6.27. The lowest BCUT2D eigenvalue weighted by Crippen LogP contribution is -2.35. The molecule has 0 saturated carbocycles. The third-order valence-electron chi connectivity index (χ3n) is 3.34. The highest BCUT2D eigenvalue weighted by atomic mass is 31.1. The molecule has 0 aromatic heterocycles. The maximum atomic E-state index is 3.85. The highest BCUT2D eigenvalue weighted by Crippen LogP contribution is 2.56. The molecule has 0 atom stereocenters. The smallest absolute Gasteiger partial charge is 0.00468 e. The Labute approximate surface area is 83.5 Å². The SMILES string of the molecule is CC(C)NP1C2CCCC1CCC2. The second kappa shape index (κ2) is 4.28. The summed E-state index contributed by atoms with van der Waals surface area (Å²) < 4.78 is 0. The predicted octanol–water partition coefficient (Wildman–Crippen LogP) is 3.49. The molecule has 1 N–H and O–H groups in total. The van der Waals surface area contributed by atoms with Gasteiger partial charge in [0, 0.05) is 6.04 Å². The Morgan fingerprint density at radius 1 is 1.00 bits per heavy atom. The van der Waals surface area contributed by atoms with Crippen molar-refractivity contribution in [1.82, 2.24) is 5.09 Å². The van der Waals surface area contributed by atoms with E-state index in [0.717, 1.165) is 11.3 Å². The van der Waals surface area contributed by atoms with Gasteiger partial charge in [0.1, 0.15) is 0 Å². The summed E-state index contributed by atoms with van der Waals surface area (Å²) >= 11 is 0. The maximum Gasteiger partial charge on any atom is 0.00468 e. The van der Waals surface area contributed by atoms with E-state index < -0.39 is 0 Å². The third-order valence-corrected chi connectivity index (χ3v) is 6.76. The Morgan fingerprint density at radius 3 is 1.85 bits per heavy atom. The fourth-order valence-corrected chi connectivity index (χ4v) is 6.29. The molecule has 0 amide bonds. The molecule has 0 spiro atoms. The Kier molecular flexibility index (Phi) is 3.26. The van der Waals surface area contributed by atoms with E-state index in [1.165, 1.54) is 38.5 Å². The molecule has 0 aromatic rings. The van der Waals surface area contributed by atoms with Gasteiger partial charge < -0.3 is 0 Å². The number of hydrogen-bond acceptors (Lipinski definition) is 1. The highest BCUT2D eigenvalue weighted by molar-refractivity contribution is 7.57. The van der Waals surface area contributed by atoms with E-state index >= 15 is 0 Å². The van der Waals surface area contributed by atoms with E-state index in [4.69, 9.17) is 0 Å². The summed E-state index contributed by atoms with van der Waals surface area (Å²) in [6.45, 7) is 4.60. The van der Waals surface area contributed by atoms with Gasteiger partial charge in [-0.3, -0.25) is 5.09 Å². The maximum absolute atomic E-state index is 3.85. The fourth-order valence-electron chi connectivity index (χ4n) is 2.83. The molecule has 1 nitrogen and oxygen atoms in total. The largest absolute Gasteiger partial charge is 0.293 e. The van der Waals surface area contributed by atoms with Gasteiger partial charge in [0.2, 0.25) is 0 Å². The van der Waals surface area contributed by atoms with Crippen LogP contribution in [0.25, 0.3) is 0 Å². The number of hydrogen-bond donors (Lipinski definition) is 1. The van der Waals surface area contributed by atoms with Crippen LogP contribution in [-0.4, -0.2) is 17.4 Å². The van der Waals surface area contributed by atoms with Crippen LogP contribution in [0.4, 0.5) is 0 Å². The van der Waals surface area contributed by atoms with E-state index in [1.807, 2.05) is 0 Å². The van der Waals surface area contributed by atoms with Gasteiger partial charge in [-0.2, -0.15) is 0 Å². The standard InChI is InChI=1S/C11H22NP/c1-9(2)12-13-10-5-3-6-11(13)8-4-7-10/h9-12H,3-8H2,1-2H3. The summed E-state index contributed by atoms with van der Waals surface area (Å²) in [5.41, 5.74) is 2.15. The molecular formula is C11H22NP. The molecule has 0 aromatic carbocycles. The van der Waals surface area contributed by atoms with Gasteiger partial charge in [0.05, 0.1) is 0 Å². The molecule has 0 radical (unpaired) electrons. The second-order valence-electron chi connectivity index (χ2n) is 4.86. The molecule has 2 aliphatic heterocycles. The minimum absolute atomic E-state index is 0.201. The van der Waals surface area contributed by atoms with Crippen LogP contribution in [0.5, 0.6) is 0 Å². The van der Waals surface area contributed by atoms with Crippen LogP contribution in [0, 0.1) is 0 Å². The van der Waals surface area contributed by atoms with Crippen LogP contribution in [0.3, 0.4) is 0 Å². The molecule has 2 rings (SSSR count). The summed E-state index contributed by atoms with van der Waals surface area (Å²) in [6.07, 6.45) is 9.08. The summed E-state index contributed by atoms with van der Waals surface area (Å²) in [4.78, 5) is 0. The molecule has 0 unspecified atom stereocenters. The van der Waals surface area contributed by atoms with Gasteiger partial charge in [0.15, 0.2) is 0 Å². The fraction of sp³-hybridized carbons (Fsp3) is 1.00. The molecule has 2 heterocycles. The van der Waals surface area contributed by atoms with Crippen LogP contribution in [0.15, 0.2) is 0 Å². The first kappa shape index (κ1) is 9.93. The van der Waals surface area contributed by atoms with Crippen LogP contribution in [0.1, 0.15) is 52.4 Å². The van der Waals surface area contributed by atoms with Crippen molar-refractivity contribution in [3.8, 4) is 0 Å². The Bertz CT molecular complexity index is 147. The molecular weight excluding hydrogens is 177 g/mol. The van der Waals surface area contributed by atoms with E-state index in [1.54, 1.807) is 0 Å². The lowest BCUT2D eigenvalue weighted by molar-refractivity contribution is 0.467. The Hall–Kier alpha value is 0.390. The Morgan fingerprint density at radius 2 is 1.46 bits per heavy atom. The normalized spacial score (nSPS) is 39.5. The quantitative estimate of drug-likeness (QED) is 0.671. The number of fused-ring (bicyclic) bond motifs is 2. The molecule has 2 bridgehead atoms. The van der Waals surface area contributed by atoms with Crippen LogP contribution >= 0.6 is 8.07 Å². The highest BCUT2D eigenvalue weighted by Gasteiger charge is 2.35. The van der Waals surface area contributed by atoms with Crippen molar-refractivity contribution in [2.45, 2.75) is 69.7 Å². The van der Waals surface area contributed by atoms with Crippen LogP contribution < -0.4 is 5.09 Å². The second-order valence-corrected chi connectivity index (χ2v) is 7.39. The zero-order valence-corrected chi connectivity index (χ0v) is 9.82. The van der Waals surface area contributed by atoms with Crippen LogP contribution in [-0.2, 0) is 0 Å². The van der Waals surface area contributed by atoms with E-state index in [0.29, 0.717) is 6.04 Å². The lowest BCUT2D eigenvalue weighted by atomic mass is 9.99. The van der Waals surface area contributed by atoms with E-state index in [-0.39, 0.29) is 8.07 Å². The summed E-state index contributed by atoms with van der Waals surface area (Å²) in [6, 6.07) is 0.701. The minimum Gasteiger partial charge on any atom is -0.293 e. The van der Waals surface area contributed by atoms with E-state index in [2.05, 4.69) is 18.9 Å². The van der Waals surface area contributed by atoms with Gasteiger partial charge in [-0.05, 0) is 58.9 Å². The van der Waals surface area contributed by atoms with Gasteiger partial charge in [-0.15, -0.1) is 0 Å². The zero-order valence-electron chi connectivity index (χ0n) is 8.92. The molecule has 2 saturated heterocycles. The Balaban J connectivity index is 1.98. The summed E-state index contributed by atoms with van der Waals surface area (Å²) in [7, 11) is 0.201. The van der Waals surface area contributed by atoms with Crippen molar-refractivity contribution in [2.24, 2.45) is 0 Å². The summed E-state index contributed by atoms with van der Waals surface area (Å²) in [5.74, 6) is 0. The molecule has 13 heavy (non-hydrogen) atoms. The van der Waals surface area contributed by atoms with Crippen molar-refractivity contribution in [3.05, 3.63) is 0 Å². The number of nitrogens with one attached hydrogen (secondary N) is 1. The van der Waals surface area contributed by atoms with Gasteiger partial charge in [0.25, 0.3) is 0 Å². The van der Waals surface area contributed by atoms with Crippen molar-refractivity contribution in [1.29, 1.82) is 0 Å². The zero-order chi connectivity index (χ0) is 9.26. The van der Waals surface area contributed by atoms with Crippen molar-refractivity contribution >= 4 is 8.07 Å². The number of rotatable bonds is 2. The topological polar surface area (TPSA) is 12.0 Å². The monoisotopic (exact) mass is 199 g/mol. The third kappa shape index (κ3) is 2.25. The van der Waals surface area contributed by atoms with E-state index in [9.17, 15) is 0 Å². The summed E-state index contributed by atoms with van der Waals surface area (Å²) in [5, 5.41) is 3.85.